The van der Waals surface area contributed by atoms with Crippen LogP contribution in [0.25, 0.3) is 0 Å². The molecule has 0 bridgehead atoms. The van der Waals surface area contributed by atoms with Crippen LogP contribution in [0, 0.1) is 5.92 Å². The topological polar surface area (TPSA) is 63.4 Å². The van der Waals surface area contributed by atoms with E-state index in [9.17, 15) is 8.42 Å². The van der Waals surface area contributed by atoms with Gasteiger partial charge in [-0.1, -0.05) is 36.4 Å². The first-order valence-electron chi connectivity index (χ1n) is 4.22. The van der Waals surface area contributed by atoms with Gasteiger partial charge in [-0.05, 0) is 5.92 Å². The molecule has 0 aromatic rings. The van der Waals surface area contributed by atoms with Crippen molar-refractivity contribution in [1.29, 1.82) is 0 Å². The molecule has 2 N–H and O–H groups in total. The second-order valence-electron chi connectivity index (χ2n) is 3.85. The van der Waals surface area contributed by atoms with Gasteiger partial charge >= 0.3 is 0 Å². The minimum absolute atomic E-state index is 0.0509. The smallest absolute Gasteiger partial charge is 0.215 e. The summed E-state index contributed by atoms with van der Waals surface area (Å²) in [5.41, 5.74) is 0. The number of halogens is 1. The summed E-state index contributed by atoms with van der Waals surface area (Å²) in [7, 11) is -3.33. The number of hydrogen-bond donors (Lipinski definition) is 1. The maximum Gasteiger partial charge on any atom is 0.215 e. The molecular weight excluding hydrogens is 303 g/mol. The van der Waals surface area contributed by atoms with E-state index < -0.39 is 10.0 Å². The maximum absolute atomic E-state index is 11.0. The van der Waals surface area contributed by atoms with Gasteiger partial charge in [0.05, 0.1) is 4.05 Å². The summed E-state index contributed by atoms with van der Waals surface area (Å²) >= 11 is 2.14. The highest BCUT2D eigenvalue weighted by molar-refractivity contribution is 14.1. The predicted octanol–water partition coefficient (Wildman–Crippen LogP) is 0.376. The molecule has 1 fully saturated rings. The predicted molar refractivity (Wildman–Crippen MR) is 61.1 cm³/mol. The van der Waals surface area contributed by atoms with Crippen LogP contribution in [0.1, 0.15) is 13.8 Å². The molecule has 0 aliphatic carbocycles. The molecule has 6 heteroatoms. The van der Waals surface area contributed by atoms with Crippen LogP contribution < -0.4 is 5.14 Å². The number of nitrogens with zero attached hydrogens (tertiary/aromatic N) is 1. The van der Waals surface area contributed by atoms with Gasteiger partial charge in [0, 0.05) is 13.1 Å². The van der Waals surface area contributed by atoms with E-state index in [-0.39, 0.29) is 9.30 Å². The summed E-state index contributed by atoms with van der Waals surface area (Å²) in [6.07, 6.45) is 0. The van der Waals surface area contributed by atoms with E-state index in [1.54, 1.807) is 0 Å². The van der Waals surface area contributed by atoms with Crippen molar-refractivity contribution in [3.63, 3.8) is 0 Å². The Morgan fingerprint density at radius 3 is 2.46 bits per heavy atom. The molecule has 0 amide bonds. The molecule has 4 nitrogen and oxygen atoms in total. The molecule has 0 spiro atoms. The van der Waals surface area contributed by atoms with E-state index >= 15 is 0 Å². The minimum Gasteiger partial charge on any atom is -0.289 e. The highest BCUT2D eigenvalue weighted by Gasteiger charge is 2.43. The molecule has 0 radical (unpaired) electrons. The van der Waals surface area contributed by atoms with Gasteiger partial charge < -0.3 is 0 Å². The van der Waals surface area contributed by atoms with Crippen LogP contribution in [0.5, 0.6) is 0 Å². The van der Waals surface area contributed by atoms with E-state index in [1.165, 1.54) is 0 Å². The van der Waals surface area contributed by atoms with Gasteiger partial charge in [-0.3, -0.25) is 4.90 Å². The fraction of sp³-hybridized carbons (Fsp3) is 1.00. The van der Waals surface area contributed by atoms with Crippen molar-refractivity contribution in [3.8, 4) is 0 Å². The number of sulfonamides is 1. The Morgan fingerprint density at radius 2 is 2.15 bits per heavy atom. The fourth-order valence-electron chi connectivity index (χ4n) is 1.42. The van der Waals surface area contributed by atoms with Gasteiger partial charge in [-0.2, -0.15) is 0 Å². The molecule has 1 aliphatic heterocycles. The lowest BCUT2D eigenvalue weighted by atomic mass is 10.1. The fourth-order valence-corrected chi connectivity index (χ4v) is 4.22. The maximum atomic E-state index is 11.0. The summed E-state index contributed by atoms with van der Waals surface area (Å²) in [5, 5.41) is 4.70. The van der Waals surface area contributed by atoms with Crippen LogP contribution in [-0.2, 0) is 10.0 Å². The molecule has 1 saturated heterocycles. The zero-order chi connectivity index (χ0) is 10.2. The normalized spacial score (nSPS) is 30.5. The lowest BCUT2D eigenvalue weighted by Crippen LogP contribution is -2.62. The third kappa shape index (κ3) is 2.77. The Balaban J connectivity index is 2.48. The molecule has 0 saturated carbocycles. The zero-order valence-corrected chi connectivity index (χ0v) is 10.7. The van der Waals surface area contributed by atoms with Crippen molar-refractivity contribution in [1.82, 2.24) is 4.90 Å². The Bertz CT molecular complexity index is 278. The molecule has 0 aromatic heterocycles. The lowest BCUT2D eigenvalue weighted by Gasteiger charge is -2.44. The number of nitrogens with two attached hydrogens (primary N) is 1. The molecular formula is C7H15IN2O2S. The van der Waals surface area contributed by atoms with Crippen molar-refractivity contribution in [3.05, 3.63) is 0 Å². The highest BCUT2D eigenvalue weighted by atomic mass is 127. The second kappa shape index (κ2) is 4.00. The van der Waals surface area contributed by atoms with Crippen molar-refractivity contribution >= 4 is 32.6 Å². The van der Waals surface area contributed by atoms with Crippen molar-refractivity contribution < 1.29 is 8.42 Å². The molecule has 78 valence electrons. The van der Waals surface area contributed by atoms with E-state index in [2.05, 4.69) is 41.3 Å². The largest absolute Gasteiger partial charge is 0.289 e. The van der Waals surface area contributed by atoms with E-state index in [1.807, 2.05) is 0 Å². The number of alkyl halides is 1. The summed E-state index contributed by atoms with van der Waals surface area (Å²) in [6, 6.07) is 0. The van der Waals surface area contributed by atoms with Gasteiger partial charge in [0.25, 0.3) is 0 Å². The second-order valence-corrected chi connectivity index (χ2v) is 6.91. The van der Waals surface area contributed by atoms with Crippen molar-refractivity contribution in [2.75, 3.05) is 13.1 Å². The van der Waals surface area contributed by atoms with Gasteiger partial charge in [0.1, 0.15) is 5.25 Å². The van der Waals surface area contributed by atoms with Crippen LogP contribution in [-0.4, -0.2) is 35.7 Å². The minimum atomic E-state index is -3.33. The van der Waals surface area contributed by atoms with Gasteiger partial charge in [0.15, 0.2) is 0 Å². The van der Waals surface area contributed by atoms with Gasteiger partial charge in [0.2, 0.25) is 10.0 Å². The molecule has 1 rings (SSSR count). The van der Waals surface area contributed by atoms with E-state index in [0.29, 0.717) is 12.5 Å². The number of likely N-dealkylation sites (tertiary alicyclic amines) is 1. The standard InChI is InChI=1S/C7H15IN2O2S/c1-5(2)3-10-4-6(7(10)8)13(9,11)12/h5-7H,3-4H2,1-2H3,(H2,9,11,12). The first kappa shape index (κ1) is 11.7. The van der Waals surface area contributed by atoms with Crippen molar-refractivity contribution in [2.24, 2.45) is 11.1 Å². The molecule has 13 heavy (non-hydrogen) atoms. The number of hydrogen-bond acceptors (Lipinski definition) is 3. The van der Waals surface area contributed by atoms with Gasteiger partial charge in [-0.15, -0.1) is 0 Å². The molecule has 1 aliphatic rings. The lowest BCUT2D eigenvalue weighted by molar-refractivity contribution is 0.151. The van der Waals surface area contributed by atoms with Gasteiger partial charge in [-0.25, -0.2) is 13.6 Å². The van der Waals surface area contributed by atoms with E-state index in [4.69, 9.17) is 5.14 Å². The summed E-state index contributed by atoms with van der Waals surface area (Å²) < 4.78 is 22.1. The van der Waals surface area contributed by atoms with Crippen LogP contribution in [0.4, 0.5) is 0 Å². The monoisotopic (exact) mass is 318 g/mol. The zero-order valence-electron chi connectivity index (χ0n) is 7.77. The Hall–Kier alpha value is 0.600. The number of primary sulfonamides is 1. The first-order chi connectivity index (χ1) is 5.82. The Labute approximate surface area is 93.0 Å². The highest BCUT2D eigenvalue weighted by Crippen LogP contribution is 2.29. The molecule has 1 heterocycles. The van der Waals surface area contributed by atoms with E-state index in [0.717, 1.165) is 6.54 Å². The number of rotatable bonds is 3. The molecule has 2 unspecified atom stereocenters. The quantitative estimate of drug-likeness (QED) is 0.465. The molecule has 0 aromatic carbocycles. The summed E-state index contributed by atoms with van der Waals surface area (Å²) in [6.45, 7) is 5.77. The Morgan fingerprint density at radius 1 is 1.62 bits per heavy atom. The first-order valence-corrected chi connectivity index (χ1v) is 7.07. The average Bonchev–Trinajstić information content (AvgIpc) is 1.93. The van der Waals surface area contributed by atoms with Crippen molar-refractivity contribution in [2.45, 2.75) is 23.1 Å². The third-order valence-corrected chi connectivity index (χ3v) is 5.49. The SMILES string of the molecule is CC(C)CN1CC(S(N)(=O)=O)C1I. The summed E-state index contributed by atoms with van der Waals surface area (Å²) in [4.78, 5) is 2.14. The van der Waals surface area contributed by atoms with Crippen LogP contribution in [0.2, 0.25) is 0 Å². The summed E-state index contributed by atoms with van der Waals surface area (Å²) in [5.74, 6) is 0.568. The van der Waals surface area contributed by atoms with Crippen LogP contribution >= 0.6 is 22.6 Å². The molecule has 2 atom stereocenters. The average molecular weight is 318 g/mol. The van der Waals surface area contributed by atoms with Crippen LogP contribution in [0.3, 0.4) is 0 Å². The third-order valence-electron chi connectivity index (χ3n) is 2.09. The van der Waals surface area contributed by atoms with Crippen LogP contribution in [0.15, 0.2) is 0 Å². The Kier molecular flexibility index (Phi) is 3.59.